The Kier molecular flexibility index (Phi) is 3.78. The second-order valence-electron chi connectivity index (χ2n) is 3.41. The van der Waals surface area contributed by atoms with Gasteiger partial charge in [-0.25, -0.2) is 4.98 Å². The highest BCUT2D eigenvalue weighted by Crippen LogP contribution is 2.11. The van der Waals surface area contributed by atoms with Crippen LogP contribution in [0.15, 0.2) is 48.7 Å². The fraction of sp³-hybridized carbons (Fsp3) is 0.154. The molecule has 2 nitrogen and oxygen atoms in total. The molecule has 0 radical (unpaired) electrons. The van der Waals surface area contributed by atoms with E-state index >= 15 is 0 Å². The van der Waals surface area contributed by atoms with Crippen molar-refractivity contribution in [3.63, 3.8) is 0 Å². The Morgan fingerprint density at radius 2 is 1.81 bits per heavy atom. The van der Waals surface area contributed by atoms with Crippen LogP contribution in [0.2, 0.25) is 0 Å². The summed E-state index contributed by atoms with van der Waals surface area (Å²) in [4.78, 5) is 4.16. The van der Waals surface area contributed by atoms with E-state index in [-0.39, 0.29) is 0 Å². The van der Waals surface area contributed by atoms with E-state index in [4.69, 9.17) is 16.3 Å². The van der Waals surface area contributed by atoms with Crippen molar-refractivity contribution < 1.29 is 4.74 Å². The average Bonchev–Trinajstić information content (AvgIpc) is 2.38. The number of hydrogen-bond acceptors (Lipinski definition) is 2. The molecule has 2 rings (SSSR count). The SMILES string of the molecule is ClCc1ccc(OCc2ccccc2)nc1. The third-order valence-electron chi connectivity index (χ3n) is 2.18. The summed E-state index contributed by atoms with van der Waals surface area (Å²) in [7, 11) is 0. The molecule has 0 bridgehead atoms. The molecule has 0 aliphatic heterocycles. The number of ether oxygens (including phenoxy) is 1. The van der Waals surface area contributed by atoms with Crippen LogP contribution in [0.1, 0.15) is 11.1 Å². The summed E-state index contributed by atoms with van der Waals surface area (Å²) in [5.74, 6) is 1.10. The fourth-order valence-electron chi connectivity index (χ4n) is 1.31. The molecule has 0 amide bonds. The van der Waals surface area contributed by atoms with Crippen LogP contribution in [-0.4, -0.2) is 4.98 Å². The first-order valence-electron chi connectivity index (χ1n) is 5.06. The van der Waals surface area contributed by atoms with Crippen molar-refractivity contribution in [2.45, 2.75) is 12.5 Å². The predicted molar refractivity (Wildman–Crippen MR) is 64.6 cm³/mol. The van der Waals surface area contributed by atoms with Crippen LogP contribution in [0, 0.1) is 0 Å². The van der Waals surface area contributed by atoms with Gasteiger partial charge in [0.1, 0.15) is 6.61 Å². The fourth-order valence-corrected chi connectivity index (χ4v) is 1.46. The van der Waals surface area contributed by atoms with E-state index in [1.54, 1.807) is 6.20 Å². The topological polar surface area (TPSA) is 22.1 Å². The normalized spacial score (nSPS) is 10.1. The molecule has 0 fully saturated rings. The first kappa shape index (κ1) is 11.0. The van der Waals surface area contributed by atoms with Gasteiger partial charge in [-0.15, -0.1) is 11.6 Å². The Morgan fingerprint density at radius 3 is 2.44 bits per heavy atom. The lowest BCUT2D eigenvalue weighted by Crippen LogP contribution is -1.96. The molecule has 1 aromatic carbocycles. The lowest BCUT2D eigenvalue weighted by atomic mass is 10.2. The number of aromatic nitrogens is 1. The Hall–Kier alpha value is -1.54. The summed E-state index contributed by atoms with van der Waals surface area (Å²) in [5, 5.41) is 0. The minimum Gasteiger partial charge on any atom is -0.473 e. The highest BCUT2D eigenvalue weighted by molar-refractivity contribution is 6.17. The van der Waals surface area contributed by atoms with Crippen LogP contribution in [-0.2, 0) is 12.5 Å². The predicted octanol–water partition coefficient (Wildman–Crippen LogP) is 3.40. The third-order valence-corrected chi connectivity index (χ3v) is 2.49. The molecule has 0 aliphatic rings. The summed E-state index contributed by atoms with van der Waals surface area (Å²) >= 11 is 5.67. The summed E-state index contributed by atoms with van der Waals surface area (Å²) in [6.07, 6.45) is 1.73. The van der Waals surface area contributed by atoms with Crippen molar-refractivity contribution in [3.05, 3.63) is 59.8 Å². The molecule has 2 aromatic rings. The van der Waals surface area contributed by atoms with Crippen LogP contribution in [0.5, 0.6) is 5.88 Å². The lowest BCUT2D eigenvalue weighted by Gasteiger charge is -2.05. The molecule has 16 heavy (non-hydrogen) atoms. The number of hydrogen-bond donors (Lipinski definition) is 0. The zero-order valence-electron chi connectivity index (χ0n) is 8.77. The van der Waals surface area contributed by atoms with Crippen molar-refractivity contribution in [1.82, 2.24) is 4.98 Å². The number of rotatable bonds is 4. The molecule has 1 heterocycles. The number of benzene rings is 1. The maximum atomic E-state index is 5.67. The maximum Gasteiger partial charge on any atom is 0.213 e. The molecule has 0 saturated heterocycles. The first-order chi connectivity index (χ1) is 7.88. The minimum atomic E-state index is 0.478. The van der Waals surface area contributed by atoms with Crippen molar-refractivity contribution in [2.75, 3.05) is 0 Å². The highest BCUT2D eigenvalue weighted by atomic mass is 35.5. The quantitative estimate of drug-likeness (QED) is 0.756. The Labute approximate surface area is 99.9 Å². The van der Waals surface area contributed by atoms with Gasteiger partial charge in [-0.2, -0.15) is 0 Å². The zero-order chi connectivity index (χ0) is 11.2. The van der Waals surface area contributed by atoms with Crippen molar-refractivity contribution in [2.24, 2.45) is 0 Å². The van der Waals surface area contributed by atoms with Crippen LogP contribution in [0.4, 0.5) is 0 Å². The Balaban J connectivity index is 1.94. The molecule has 0 saturated carbocycles. The van der Waals surface area contributed by atoms with E-state index in [0.717, 1.165) is 11.1 Å². The van der Waals surface area contributed by atoms with Gasteiger partial charge >= 0.3 is 0 Å². The molecule has 1 aromatic heterocycles. The van der Waals surface area contributed by atoms with Crippen LogP contribution in [0.3, 0.4) is 0 Å². The van der Waals surface area contributed by atoms with E-state index in [1.165, 1.54) is 0 Å². The number of alkyl halides is 1. The molecule has 0 N–H and O–H groups in total. The van der Waals surface area contributed by atoms with Gasteiger partial charge in [0.05, 0.1) is 0 Å². The molecule has 0 atom stereocenters. The van der Waals surface area contributed by atoms with Crippen molar-refractivity contribution >= 4 is 11.6 Å². The Bertz CT molecular complexity index is 427. The highest BCUT2D eigenvalue weighted by Gasteiger charge is 1.97. The molecule has 0 unspecified atom stereocenters. The third kappa shape index (κ3) is 2.97. The number of nitrogens with zero attached hydrogens (tertiary/aromatic N) is 1. The van der Waals surface area contributed by atoms with E-state index in [2.05, 4.69) is 4.98 Å². The van der Waals surface area contributed by atoms with Gasteiger partial charge in [-0.05, 0) is 11.1 Å². The summed E-state index contributed by atoms with van der Waals surface area (Å²) in [6, 6.07) is 13.8. The van der Waals surface area contributed by atoms with E-state index in [1.807, 2.05) is 42.5 Å². The summed E-state index contributed by atoms with van der Waals surface area (Å²) in [5.41, 5.74) is 2.12. The summed E-state index contributed by atoms with van der Waals surface area (Å²) < 4.78 is 5.54. The smallest absolute Gasteiger partial charge is 0.213 e. The molecule has 0 aliphatic carbocycles. The minimum absolute atomic E-state index is 0.478. The second kappa shape index (κ2) is 5.52. The molecular weight excluding hydrogens is 222 g/mol. The van der Waals surface area contributed by atoms with Crippen LogP contribution in [0.25, 0.3) is 0 Å². The monoisotopic (exact) mass is 233 g/mol. The average molecular weight is 234 g/mol. The van der Waals surface area contributed by atoms with E-state index < -0.39 is 0 Å². The molecule has 82 valence electrons. The van der Waals surface area contributed by atoms with E-state index in [9.17, 15) is 0 Å². The van der Waals surface area contributed by atoms with Gasteiger partial charge < -0.3 is 4.74 Å². The summed E-state index contributed by atoms with van der Waals surface area (Å²) in [6.45, 7) is 0.536. The van der Waals surface area contributed by atoms with Gasteiger partial charge in [0, 0.05) is 18.1 Å². The van der Waals surface area contributed by atoms with Gasteiger partial charge in [0.15, 0.2) is 0 Å². The number of halogens is 1. The molecular formula is C13H12ClNO. The van der Waals surface area contributed by atoms with Gasteiger partial charge in [0.25, 0.3) is 0 Å². The molecule has 3 heteroatoms. The standard InChI is InChI=1S/C13H12ClNO/c14-8-12-6-7-13(15-9-12)16-10-11-4-2-1-3-5-11/h1-7,9H,8,10H2. The lowest BCUT2D eigenvalue weighted by molar-refractivity contribution is 0.294. The van der Waals surface area contributed by atoms with Crippen LogP contribution < -0.4 is 4.74 Å². The number of pyridine rings is 1. The Morgan fingerprint density at radius 1 is 1.00 bits per heavy atom. The second-order valence-corrected chi connectivity index (χ2v) is 3.68. The first-order valence-corrected chi connectivity index (χ1v) is 5.59. The van der Waals surface area contributed by atoms with Crippen molar-refractivity contribution in [3.8, 4) is 5.88 Å². The van der Waals surface area contributed by atoms with Gasteiger partial charge in [-0.1, -0.05) is 36.4 Å². The zero-order valence-corrected chi connectivity index (χ0v) is 9.52. The maximum absolute atomic E-state index is 5.67. The van der Waals surface area contributed by atoms with E-state index in [0.29, 0.717) is 18.4 Å². The molecule has 0 spiro atoms. The van der Waals surface area contributed by atoms with Gasteiger partial charge in [0.2, 0.25) is 5.88 Å². The van der Waals surface area contributed by atoms with Gasteiger partial charge in [-0.3, -0.25) is 0 Å². The largest absolute Gasteiger partial charge is 0.473 e. The van der Waals surface area contributed by atoms with Crippen molar-refractivity contribution in [1.29, 1.82) is 0 Å². The van der Waals surface area contributed by atoms with Crippen LogP contribution >= 0.6 is 11.6 Å².